The molecule has 1 aromatic carbocycles. The number of nitrogens with two attached hydrogens (primary N) is 1. The fraction of sp³-hybridized carbons (Fsp3) is 0.333. The molecule has 0 spiro atoms. The Morgan fingerprint density at radius 2 is 2.28 bits per heavy atom. The van der Waals surface area contributed by atoms with Crippen molar-refractivity contribution < 1.29 is 14.0 Å². The minimum Gasteiger partial charge on any atom is -0.398 e. The lowest BCUT2D eigenvalue weighted by atomic mass is 10.1. The van der Waals surface area contributed by atoms with Crippen molar-refractivity contribution in [3.8, 4) is 0 Å². The first-order valence-electron chi connectivity index (χ1n) is 5.69. The Morgan fingerprint density at radius 1 is 1.50 bits per heavy atom. The highest BCUT2D eigenvalue weighted by atomic mass is 19.1. The Kier molecular flexibility index (Phi) is 3.45. The summed E-state index contributed by atoms with van der Waals surface area (Å²) in [6, 6.07) is 3.53. The third-order valence-electron chi connectivity index (χ3n) is 2.86. The van der Waals surface area contributed by atoms with Crippen LogP contribution in [0.4, 0.5) is 10.1 Å². The number of hydrogen-bond donors (Lipinski definition) is 3. The van der Waals surface area contributed by atoms with Gasteiger partial charge in [0.05, 0.1) is 5.56 Å². The van der Waals surface area contributed by atoms with E-state index in [1.54, 1.807) is 0 Å². The molecule has 1 unspecified atom stereocenters. The number of rotatable bonds is 2. The van der Waals surface area contributed by atoms with Crippen molar-refractivity contribution in [2.24, 2.45) is 0 Å². The van der Waals surface area contributed by atoms with Crippen LogP contribution in [-0.4, -0.2) is 24.4 Å². The highest BCUT2D eigenvalue weighted by Gasteiger charge is 2.21. The molecule has 6 heteroatoms. The number of halogens is 1. The largest absolute Gasteiger partial charge is 0.398 e. The van der Waals surface area contributed by atoms with Gasteiger partial charge in [-0.2, -0.15) is 0 Å². The third-order valence-corrected chi connectivity index (χ3v) is 2.86. The summed E-state index contributed by atoms with van der Waals surface area (Å²) < 4.78 is 12.9. The summed E-state index contributed by atoms with van der Waals surface area (Å²) in [6.07, 6.45) is 0.989. The van der Waals surface area contributed by atoms with Gasteiger partial charge in [-0.25, -0.2) is 4.39 Å². The fourth-order valence-corrected chi connectivity index (χ4v) is 1.86. The molecule has 2 rings (SSSR count). The molecule has 1 saturated heterocycles. The highest BCUT2D eigenvalue weighted by Crippen LogP contribution is 2.14. The zero-order valence-electron chi connectivity index (χ0n) is 9.70. The molecule has 1 atom stereocenters. The molecule has 0 aromatic heterocycles. The smallest absolute Gasteiger partial charge is 0.253 e. The van der Waals surface area contributed by atoms with Crippen LogP contribution >= 0.6 is 0 Å². The van der Waals surface area contributed by atoms with Gasteiger partial charge in [-0.3, -0.25) is 9.59 Å². The first-order chi connectivity index (χ1) is 8.56. The van der Waals surface area contributed by atoms with E-state index in [0.717, 1.165) is 6.07 Å². The molecule has 4 N–H and O–H groups in total. The van der Waals surface area contributed by atoms with Gasteiger partial charge in [-0.1, -0.05) is 0 Å². The van der Waals surface area contributed by atoms with E-state index in [2.05, 4.69) is 10.6 Å². The zero-order chi connectivity index (χ0) is 13.1. The second kappa shape index (κ2) is 5.03. The van der Waals surface area contributed by atoms with Crippen LogP contribution in [-0.2, 0) is 4.79 Å². The maximum Gasteiger partial charge on any atom is 0.253 e. The van der Waals surface area contributed by atoms with Gasteiger partial charge < -0.3 is 16.4 Å². The summed E-state index contributed by atoms with van der Waals surface area (Å²) in [5, 5.41) is 5.43. The number of piperidine rings is 1. The van der Waals surface area contributed by atoms with Crippen LogP contribution in [0, 0.1) is 5.82 Å². The number of nitrogens with one attached hydrogen (secondary N) is 2. The van der Waals surface area contributed by atoms with Gasteiger partial charge in [0.2, 0.25) is 5.91 Å². The van der Waals surface area contributed by atoms with Crippen molar-refractivity contribution in [1.82, 2.24) is 10.6 Å². The van der Waals surface area contributed by atoms with Gasteiger partial charge >= 0.3 is 0 Å². The van der Waals surface area contributed by atoms with Crippen molar-refractivity contribution in [3.05, 3.63) is 29.6 Å². The number of carbonyl (C=O) groups is 2. The highest BCUT2D eigenvalue weighted by molar-refractivity contribution is 5.99. The van der Waals surface area contributed by atoms with E-state index in [0.29, 0.717) is 19.4 Å². The Morgan fingerprint density at radius 3 is 2.89 bits per heavy atom. The van der Waals surface area contributed by atoms with Crippen molar-refractivity contribution in [3.63, 3.8) is 0 Å². The van der Waals surface area contributed by atoms with Crippen LogP contribution in [0.25, 0.3) is 0 Å². The molecule has 1 fully saturated rings. The topological polar surface area (TPSA) is 84.2 Å². The Balaban J connectivity index is 2.01. The predicted octanol–water partition coefficient (Wildman–Crippen LogP) is 0.416. The number of hydrogen-bond acceptors (Lipinski definition) is 3. The molecule has 0 bridgehead atoms. The van der Waals surface area contributed by atoms with Crippen molar-refractivity contribution in [2.45, 2.75) is 18.9 Å². The molecular formula is C12H14FN3O2. The number of carbonyl (C=O) groups excluding carboxylic acids is 2. The van der Waals surface area contributed by atoms with Gasteiger partial charge in [-0.05, 0) is 24.6 Å². The standard InChI is InChI=1S/C12H14FN3O2/c13-7-1-3-9(10(14)5-7)12(18)16-8-2-4-11(17)15-6-8/h1,3,5,8H,2,4,6,14H2,(H,15,17)(H,16,18). The van der Waals surface area contributed by atoms with Crippen LogP contribution in [0.1, 0.15) is 23.2 Å². The molecule has 1 heterocycles. The normalized spacial score (nSPS) is 19.2. The fourth-order valence-electron chi connectivity index (χ4n) is 1.86. The molecule has 2 amide bonds. The van der Waals surface area contributed by atoms with E-state index in [9.17, 15) is 14.0 Å². The van der Waals surface area contributed by atoms with E-state index in [1.165, 1.54) is 12.1 Å². The molecule has 0 aliphatic carbocycles. The lowest BCUT2D eigenvalue weighted by Gasteiger charge is -2.23. The van der Waals surface area contributed by atoms with Gasteiger partial charge in [0, 0.05) is 24.7 Å². The lowest BCUT2D eigenvalue weighted by Crippen LogP contribution is -2.47. The van der Waals surface area contributed by atoms with Gasteiger partial charge in [0.15, 0.2) is 0 Å². The molecule has 1 aliphatic rings. The van der Waals surface area contributed by atoms with E-state index < -0.39 is 5.82 Å². The van der Waals surface area contributed by atoms with Crippen LogP contribution in [0.5, 0.6) is 0 Å². The summed E-state index contributed by atoms with van der Waals surface area (Å²) >= 11 is 0. The number of anilines is 1. The molecule has 18 heavy (non-hydrogen) atoms. The summed E-state index contributed by atoms with van der Waals surface area (Å²) in [5.74, 6) is -0.843. The van der Waals surface area contributed by atoms with Crippen LogP contribution in [0.15, 0.2) is 18.2 Å². The molecule has 96 valence electrons. The minimum atomic E-state index is -0.478. The first kappa shape index (κ1) is 12.3. The van der Waals surface area contributed by atoms with E-state index in [4.69, 9.17) is 5.73 Å². The second-order valence-electron chi connectivity index (χ2n) is 4.24. The lowest BCUT2D eigenvalue weighted by molar-refractivity contribution is -0.122. The van der Waals surface area contributed by atoms with Crippen molar-refractivity contribution in [2.75, 3.05) is 12.3 Å². The Labute approximate surface area is 104 Å². The van der Waals surface area contributed by atoms with E-state index in [1.807, 2.05) is 0 Å². The zero-order valence-corrected chi connectivity index (χ0v) is 9.70. The van der Waals surface area contributed by atoms with Crippen LogP contribution < -0.4 is 16.4 Å². The predicted molar refractivity (Wildman–Crippen MR) is 64.3 cm³/mol. The second-order valence-corrected chi connectivity index (χ2v) is 4.24. The summed E-state index contributed by atoms with van der Waals surface area (Å²) in [7, 11) is 0. The number of nitrogen functional groups attached to an aromatic ring is 1. The average Bonchev–Trinajstić information content (AvgIpc) is 2.32. The molecule has 0 saturated carbocycles. The van der Waals surface area contributed by atoms with Gasteiger partial charge in [0.1, 0.15) is 5.82 Å². The molecule has 1 aliphatic heterocycles. The summed E-state index contributed by atoms with van der Waals surface area (Å²) in [6.45, 7) is 0.408. The Hall–Kier alpha value is -2.11. The van der Waals surface area contributed by atoms with E-state index in [-0.39, 0.29) is 29.1 Å². The Bertz CT molecular complexity index is 480. The van der Waals surface area contributed by atoms with Crippen molar-refractivity contribution in [1.29, 1.82) is 0 Å². The maximum absolute atomic E-state index is 12.9. The molecule has 1 aromatic rings. The monoisotopic (exact) mass is 251 g/mol. The first-order valence-corrected chi connectivity index (χ1v) is 5.69. The van der Waals surface area contributed by atoms with Crippen LogP contribution in [0.2, 0.25) is 0 Å². The SMILES string of the molecule is Nc1cc(F)ccc1C(=O)NC1CCC(=O)NC1. The van der Waals surface area contributed by atoms with E-state index >= 15 is 0 Å². The average molecular weight is 251 g/mol. The van der Waals surface area contributed by atoms with Crippen molar-refractivity contribution >= 4 is 17.5 Å². The molecule has 5 nitrogen and oxygen atoms in total. The maximum atomic E-state index is 12.9. The molecule has 0 radical (unpaired) electrons. The number of benzene rings is 1. The quantitative estimate of drug-likeness (QED) is 0.666. The molecular weight excluding hydrogens is 237 g/mol. The summed E-state index contributed by atoms with van der Waals surface area (Å²) in [5.41, 5.74) is 5.93. The summed E-state index contributed by atoms with van der Waals surface area (Å²) in [4.78, 5) is 22.9. The van der Waals surface area contributed by atoms with Crippen LogP contribution in [0.3, 0.4) is 0 Å². The number of amides is 2. The van der Waals surface area contributed by atoms with Gasteiger partial charge in [0.25, 0.3) is 5.91 Å². The minimum absolute atomic E-state index is 0.0122. The third kappa shape index (κ3) is 2.77. The van der Waals surface area contributed by atoms with Gasteiger partial charge in [-0.15, -0.1) is 0 Å².